The van der Waals surface area contributed by atoms with Crippen LogP contribution in [0.15, 0.2) is 29.4 Å². The molecule has 8 nitrogen and oxygen atoms in total. The Morgan fingerprint density at radius 3 is 2.10 bits per heavy atom. The summed E-state index contributed by atoms with van der Waals surface area (Å²) in [5, 5.41) is 15.2. The highest BCUT2D eigenvalue weighted by molar-refractivity contribution is 6.01. The molecule has 1 aromatic carbocycles. The number of nitrogens with zero attached hydrogens (tertiary/aromatic N) is 4. The van der Waals surface area contributed by atoms with Crippen LogP contribution in [0, 0.1) is 11.3 Å². The first kappa shape index (κ1) is 31.8. The van der Waals surface area contributed by atoms with Gasteiger partial charge in [0.25, 0.3) is 0 Å². The molecule has 0 radical (unpaired) electrons. The Labute approximate surface area is 235 Å². The van der Waals surface area contributed by atoms with Crippen molar-refractivity contribution in [2.75, 3.05) is 37.4 Å². The van der Waals surface area contributed by atoms with E-state index in [0.29, 0.717) is 47.4 Å². The van der Waals surface area contributed by atoms with Crippen molar-refractivity contribution in [2.24, 2.45) is 16.8 Å². The van der Waals surface area contributed by atoms with Crippen molar-refractivity contribution < 1.29 is 26.3 Å². The van der Waals surface area contributed by atoms with Crippen molar-refractivity contribution in [2.45, 2.75) is 58.6 Å². The second-order valence-corrected chi connectivity index (χ2v) is 10.0. The highest BCUT2D eigenvalue weighted by Gasteiger charge is 2.37. The second-order valence-electron chi connectivity index (χ2n) is 10.0. The summed E-state index contributed by atoms with van der Waals surface area (Å²) >= 11 is 0. The molecule has 3 rings (SSSR count). The van der Waals surface area contributed by atoms with E-state index in [9.17, 15) is 26.3 Å². The van der Waals surface area contributed by atoms with Crippen molar-refractivity contribution in [3.8, 4) is 0 Å². The molecule has 1 fully saturated rings. The lowest BCUT2D eigenvalue weighted by Crippen LogP contribution is -2.39. The van der Waals surface area contributed by atoms with E-state index in [1.807, 2.05) is 6.92 Å². The zero-order valence-electron chi connectivity index (χ0n) is 23.5. The number of hydrazone groups is 1. The number of halogens is 6. The summed E-state index contributed by atoms with van der Waals surface area (Å²) in [7, 11) is 3.16. The number of alkyl halides is 6. The van der Waals surface area contributed by atoms with E-state index in [1.165, 1.54) is 11.9 Å². The lowest BCUT2D eigenvalue weighted by molar-refractivity contribution is -0.143. The van der Waals surface area contributed by atoms with Crippen LogP contribution in [0.1, 0.15) is 60.9 Å². The predicted molar refractivity (Wildman–Crippen MR) is 148 cm³/mol. The van der Waals surface area contributed by atoms with Gasteiger partial charge in [0.2, 0.25) is 5.96 Å². The third-order valence-corrected chi connectivity index (χ3v) is 7.04. The number of guanidine groups is 1. The average Bonchev–Trinajstić information content (AvgIpc) is 2.86. The first-order valence-electron chi connectivity index (χ1n) is 13.2. The van der Waals surface area contributed by atoms with Crippen LogP contribution in [-0.4, -0.2) is 48.7 Å². The van der Waals surface area contributed by atoms with E-state index in [2.05, 4.69) is 20.7 Å². The normalized spacial score (nSPS) is 14.4. The van der Waals surface area contributed by atoms with Crippen molar-refractivity contribution in [1.82, 2.24) is 15.3 Å². The number of rotatable bonds is 11. The third-order valence-electron chi connectivity index (χ3n) is 7.04. The van der Waals surface area contributed by atoms with Crippen LogP contribution >= 0.6 is 0 Å². The molecular weight excluding hydrogens is 550 g/mol. The lowest BCUT2D eigenvalue weighted by Gasteiger charge is -2.34. The molecule has 0 unspecified atom stereocenters. The van der Waals surface area contributed by atoms with Crippen LogP contribution in [-0.2, 0) is 25.4 Å². The predicted octanol–water partition coefficient (Wildman–Crippen LogP) is 5.63. The van der Waals surface area contributed by atoms with Gasteiger partial charge in [0.1, 0.15) is 11.6 Å². The van der Waals surface area contributed by atoms with E-state index in [0.717, 1.165) is 25.8 Å². The van der Waals surface area contributed by atoms with E-state index in [1.54, 1.807) is 20.0 Å². The number of hydrogen-bond donors (Lipinski definition) is 4. The van der Waals surface area contributed by atoms with E-state index in [4.69, 9.17) is 16.1 Å². The molecule has 0 atom stereocenters. The SMILES string of the molecule is CCN(CC1CCC1)c1nc(NC)c(C(C)=N)cc1CN(Cc1cc(C(F)(F)F)cc(C(F)(F)F)c1)/C(N)=N/NC. The average molecular weight is 587 g/mol. The summed E-state index contributed by atoms with van der Waals surface area (Å²) in [5.74, 6) is 1.43. The number of benzene rings is 1. The maximum absolute atomic E-state index is 13.5. The van der Waals surface area contributed by atoms with Crippen LogP contribution < -0.4 is 21.4 Å². The minimum absolute atomic E-state index is 0.0393. The van der Waals surface area contributed by atoms with E-state index in [-0.39, 0.29) is 29.8 Å². The highest BCUT2D eigenvalue weighted by atomic mass is 19.4. The molecule has 41 heavy (non-hydrogen) atoms. The Hall–Kier alpha value is -3.71. The van der Waals surface area contributed by atoms with Gasteiger partial charge in [-0.3, -0.25) is 0 Å². The largest absolute Gasteiger partial charge is 0.416 e. The summed E-state index contributed by atoms with van der Waals surface area (Å²) in [6.45, 7) is 4.50. The summed E-state index contributed by atoms with van der Waals surface area (Å²) in [4.78, 5) is 8.28. The van der Waals surface area contributed by atoms with Gasteiger partial charge >= 0.3 is 12.4 Å². The molecule has 0 amide bonds. The van der Waals surface area contributed by atoms with E-state index >= 15 is 0 Å². The van der Waals surface area contributed by atoms with Crippen LogP contribution in [0.3, 0.4) is 0 Å². The first-order valence-corrected chi connectivity index (χ1v) is 13.2. The molecule has 1 heterocycles. The molecule has 1 aliphatic carbocycles. The summed E-state index contributed by atoms with van der Waals surface area (Å²) in [6, 6.07) is 3.21. The Bertz CT molecular complexity index is 1220. The topological polar surface area (TPSA) is 106 Å². The maximum Gasteiger partial charge on any atom is 0.416 e. The monoisotopic (exact) mass is 586 g/mol. The minimum atomic E-state index is -4.98. The molecule has 1 saturated carbocycles. The van der Waals surface area contributed by atoms with Gasteiger partial charge in [-0.1, -0.05) is 6.42 Å². The summed E-state index contributed by atoms with van der Waals surface area (Å²) in [6.07, 6.45) is -6.63. The molecule has 2 aromatic rings. The molecule has 0 aliphatic heterocycles. The van der Waals surface area contributed by atoms with Crippen molar-refractivity contribution in [1.29, 1.82) is 5.41 Å². The Morgan fingerprint density at radius 1 is 1.05 bits per heavy atom. The van der Waals surface area contributed by atoms with Crippen molar-refractivity contribution in [3.63, 3.8) is 0 Å². The lowest BCUT2D eigenvalue weighted by atomic mass is 9.85. The third kappa shape index (κ3) is 7.94. The Morgan fingerprint density at radius 2 is 1.66 bits per heavy atom. The molecule has 0 spiro atoms. The number of aromatic nitrogens is 1. The second kappa shape index (κ2) is 12.9. The fourth-order valence-corrected chi connectivity index (χ4v) is 4.70. The molecule has 14 heteroatoms. The Kier molecular flexibility index (Phi) is 9.98. The van der Waals surface area contributed by atoms with Gasteiger partial charge in [-0.05, 0) is 62.4 Å². The molecule has 0 saturated heterocycles. The van der Waals surface area contributed by atoms with Gasteiger partial charge < -0.3 is 31.7 Å². The van der Waals surface area contributed by atoms with Gasteiger partial charge in [-0.2, -0.15) is 26.3 Å². The molecule has 5 N–H and O–H groups in total. The molecule has 1 aromatic heterocycles. The number of anilines is 2. The molecule has 0 bridgehead atoms. The van der Waals surface area contributed by atoms with Gasteiger partial charge in [-0.15, -0.1) is 5.10 Å². The van der Waals surface area contributed by atoms with E-state index < -0.39 is 30.0 Å². The molecule has 1 aliphatic rings. The van der Waals surface area contributed by atoms with Crippen molar-refractivity contribution in [3.05, 3.63) is 52.1 Å². The van der Waals surface area contributed by atoms with Crippen molar-refractivity contribution >= 4 is 23.3 Å². The molecular formula is C27H36F6N8. The maximum atomic E-state index is 13.5. The van der Waals surface area contributed by atoms with Gasteiger partial charge in [0, 0.05) is 57.1 Å². The van der Waals surface area contributed by atoms with Crippen LogP contribution in [0.4, 0.5) is 38.0 Å². The number of nitrogens with one attached hydrogen (secondary N) is 3. The fourth-order valence-electron chi connectivity index (χ4n) is 4.70. The standard InChI is InChI=1S/C27H36F6N8/c1-5-40(13-17-7-6-8-17)24-19(11-22(16(2)34)23(36-3)38-24)15-41(25(35)39-37-4)14-18-9-20(26(28,29)30)12-21(10-18)27(31,32)33/h9-12,17,34,37H,5-8,13-15H2,1-4H3,(H2,35,39)(H,36,38). The summed E-state index contributed by atoms with van der Waals surface area (Å²) in [5.41, 5.74) is 6.97. The zero-order chi connectivity index (χ0) is 30.5. The Balaban J connectivity index is 2.12. The van der Waals surface area contributed by atoms with Gasteiger partial charge in [-0.25, -0.2) is 4.98 Å². The van der Waals surface area contributed by atoms with Crippen LogP contribution in [0.2, 0.25) is 0 Å². The smallest absolute Gasteiger partial charge is 0.373 e. The fraction of sp³-hybridized carbons (Fsp3) is 0.519. The first-order chi connectivity index (χ1) is 19.2. The summed E-state index contributed by atoms with van der Waals surface area (Å²) < 4.78 is 81.2. The zero-order valence-corrected chi connectivity index (χ0v) is 23.5. The van der Waals surface area contributed by atoms with Gasteiger partial charge in [0.05, 0.1) is 11.1 Å². The number of pyridine rings is 1. The quantitative estimate of drug-likeness (QED) is 0.118. The minimum Gasteiger partial charge on any atom is -0.373 e. The van der Waals surface area contributed by atoms with Crippen LogP contribution in [0.5, 0.6) is 0 Å². The van der Waals surface area contributed by atoms with Crippen LogP contribution in [0.25, 0.3) is 0 Å². The van der Waals surface area contributed by atoms with Gasteiger partial charge in [0.15, 0.2) is 0 Å². The molecule has 226 valence electrons. The number of nitrogens with two attached hydrogens (primary N) is 1. The highest BCUT2D eigenvalue weighted by Crippen LogP contribution is 2.37. The number of hydrogen-bond acceptors (Lipinski definition) is 6.